The number of fused-ring (bicyclic) bond motifs is 1. The van der Waals surface area contributed by atoms with Gasteiger partial charge in [-0.3, -0.25) is 4.79 Å². The summed E-state index contributed by atoms with van der Waals surface area (Å²) in [4.78, 5) is 27.7. The summed E-state index contributed by atoms with van der Waals surface area (Å²) < 4.78 is 0. The van der Waals surface area contributed by atoms with Gasteiger partial charge in [0.1, 0.15) is 0 Å². The number of benzene rings is 2. The van der Waals surface area contributed by atoms with E-state index in [0.29, 0.717) is 0 Å². The van der Waals surface area contributed by atoms with Crippen molar-refractivity contribution in [2.75, 3.05) is 28.2 Å². The number of amides is 2. The zero-order valence-corrected chi connectivity index (χ0v) is 18.9. The number of hydrogen-bond donors (Lipinski definition) is 3. The molecule has 2 aliphatic rings. The molecule has 0 unspecified atom stereocenters. The van der Waals surface area contributed by atoms with Crippen LogP contribution in [0.3, 0.4) is 0 Å². The molecule has 0 bridgehead atoms. The SMILES string of the molecule is CC(=O)N1c2ccc(N3CCC(NC(=O)O)CC3)cc2[C@H](Nc2ccccc2)[C@@H](C)[C@@H]1C. The molecule has 170 valence electrons. The highest BCUT2D eigenvalue weighted by Crippen LogP contribution is 2.44. The maximum atomic E-state index is 12.5. The van der Waals surface area contributed by atoms with Crippen LogP contribution >= 0.6 is 0 Å². The Labute approximate surface area is 189 Å². The molecule has 0 radical (unpaired) electrons. The molecular formula is C25H32N4O3. The molecule has 2 aliphatic heterocycles. The highest BCUT2D eigenvalue weighted by molar-refractivity contribution is 5.94. The number of rotatable bonds is 4. The topological polar surface area (TPSA) is 84.9 Å². The molecule has 7 nitrogen and oxygen atoms in total. The predicted octanol–water partition coefficient (Wildman–Crippen LogP) is 4.47. The Kier molecular flexibility index (Phi) is 6.26. The van der Waals surface area contributed by atoms with Gasteiger partial charge in [0.05, 0.1) is 6.04 Å². The average Bonchev–Trinajstić information content (AvgIpc) is 2.77. The molecule has 4 rings (SSSR count). The van der Waals surface area contributed by atoms with Crippen LogP contribution in [-0.2, 0) is 4.79 Å². The second-order valence-corrected chi connectivity index (χ2v) is 8.93. The van der Waals surface area contributed by atoms with Crippen LogP contribution in [-0.4, -0.2) is 42.3 Å². The van der Waals surface area contributed by atoms with Crippen molar-refractivity contribution in [3.8, 4) is 0 Å². The van der Waals surface area contributed by atoms with Gasteiger partial charge in [0.2, 0.25) is 5.91 Å². The first kappa shape index (κ1) is 22.0. The van der Waals surface area contributed by atoms with Gasteiger partial charge in [-0.2, -0.15) is 0 Å². The van der Waals surface area contributed by atoms with E-state index in [2.05, 4.69) is 59.7 Å². The van der Waals surface area contributed by atoms with Crippen LogP contribution in [0.25, 0.3) is 0 Å². The third-order valence-corrected chi connectivity index (χ3v) is 6.92. The third-order valence-electron chi connectivity index (χ3n) is 6.92. The van der Waals surface area contributed by atoms with Crippen molar-refractivity contribution in [2.45, 2.75) is 51.7 Å². The fraction of sp³-hybridized carbons (Fsp3) is 0.440. The molecule has 32 heavy (non-hydrogen) atoms. The number of carbonyl (C=O) groups is 2. The van der Waals surface area contributed by atoms with Gasteiger partial charge in [0.15, 0.2) is 0 Å². The van der Waals surface area contributed by atoms with Crippen molar-refractivity contribution in [3.63, 3.8) is 0 Å². The van der Waals surface area contributed by atoms with Crippen molar-refractivity contribution < 1.29 is 14.7 Å². The standard InChI is InChI=1S/C25H32N4O3/c1-16-17(2)29(18(3)30)23-10-9-21(28-13-11-20(12-14-28)27-25(31)32)15-22(23)24(16)26-19-7-5-4-6-8-19/h4-10,15-17,20,24,26-27H,11-14H2,1-3H3,(H,31,32)/t16-,17-,24+/m0/s1. The van der Waals surface area contributed by atoms with Crippen molar-refractivity contribution >= 4 is 29.1 Å². The summed E-state index contributed by atoms with van der Waals surface area (Å²) in [5, 5.41) is 15.3. The molecule has 2 aromatic rings. The number of nitrogens with zero attached hydrogens (tertiary/aromatic N) is 2. The summed E-state index contributed by atoms with van der Waals surface area (Å²) in [7, 11) is 0. The fourth-order valence-electron chi connectivity index (χ4n) is 5.06. The highest BCUT2D eigenvalue weighted by Gasteiger charge is 2.38. The first-order valence-electron chi connectivity index (χ1n) is 11.3. The number of carboxylic acid groups (broad SMARTS) is 1. The molecule has 3 N–H and O–H groups in total. The molecular weight excluding hydrogens is 404 g/mol. The maximum absolute atomic E-state index is 12.5. The van der Waals surface area contributed by atoms with Gasteiger partial charge in [-0.1, -0.05) is 25.1 Å². The lowest BCUT2D eigenvalue weighted by atomic mass is 9.82. The number of hydrogen-bond acceptors (Lipinski definition) is 4. The summed E-state index contributed by atoms with van der Waals surface area (Å²) >= 11 is 0. The molecule has 0 aliphatic carbocycles. The van der Waals surface area contributed by atoms with Crippen LogP contribution in [0.2, 0.25) is 0 Å². The summed E-state index contributed by atoms with van der Waals surface area (Å²) in [6.45, 7) is 7.53. The van der Waals surface area contributed by atoms with E-state index in [1.54, 1.807) is 6.92 Å². The molecule has 2 heterocycles. The molecule has 2 aromatic carbocycles. The van der Waals surface area contributed by atoms with E-state index >= 15 is 0 Å². The fourth-order valence-corrected chi connectivity index (χ4v) is 5.06. The molecule has 3 atom stereocenters. The zero-order valence-electron chi connectivity index (χ0n) is 18.9. The largest absolute Gasteiger partial charge is 0.465 e. The van der Waals surface area contributed by atoms with E-state index in [-0.39, 0.29) is 30.0 Å². The number of anilines is 3. The number of piperidine rings is 1. The summed E-state index contributed by atoms with van der Waals surface area (Å²) in [5.41, 5.74) is 4.26. The lowest BCUT2D eigenvalue weighted by molar-refractivity contribution is -0.117. The average molecular weight is 437 g/mol. The third kappa shape index (κ3) is 4.38. The molecule has 0 saturated carbocycles. The maximum Gasteiger partial charge on any atom is 0.404 e. The van der Waals surface area contributed by atoms with Crippen LogP contribution in [0.1, 0.15) is 45.2 Å². The Morgan fingerprint density at radius 3 is 2.34 bits per heavy atom. The van der Waals surface area contributed by atoms with Crippen LogP contribution in [0.4, 0.5) is 21.9 Å². The van der Waals surface area contributed by atoms with Gasteiger partial charge in [0.25, 0.3) is 0 Å². The predicted molar refractivity (Wildman–Crippen MR) is 127 cm³/mol. The van der Waals surface area contributed by atoms with Crippen LogP contribution in [0.5, 0.6) is 0 Å². The molecule has 1 fully saturated rings. The number of para-hydroxylation sites is 1. The van der Waals surface area contributed by atoms with E-state index in [9.17, 15) is 9.59 Å². The molecule has 0 aromatic heterocycles. The van der Waals surface area contributed by atoms with Gasteiger partial charge in [0, 0.05) is 60.6 Å². The van der Waals surface area contributed by atoms with Crippen molar-refractivity contribution in [1.29, 1.82) is 0 Å². The molecule has 0 spiro atoms. The monoisotopic (exact) mass is 436 g/mol. The van der Waals surface area contributed by atoms with Gasteiger partial charge in [-0.15, -0.1) is 0 Å². The summed E-state index contributed by atoms with van der Waals surface area (Å²) in [5.74, 6) is 0.268. The van der Waals surface area contributed by atoms with E-state index in [1.807, 2.05) is 23.1 Å². The molecule has 7 heteroatoms. The number of carbonyl (C=O) groups excluding carboxylic acids is 1. The molecule has 1 saturated heterocycles. The summed E-state index contributed by atoms with van der Waals surface area (Å²) in [6, 6.07) is 16.7. The van der Waals surface area contributed by atoms with Gasteiger partial charge >= 0.3 is 6.09 Å². The lowest BCUT2D eigenvalue weighted by Crippen LogP contribution is -2.48. The minimum absolute atomic E-state index is 0.00273. The van der Waals surface area contributed by atoms with Crippen molar-refractivity contribution in [3.05, 3.63) is 54.1 Å². The zero-order chi connectivity index (χ0) is 22.8. The highest BCUT2D eigenvalue weighted by atomic mass is 16.4. The Balaban J connectivity index is 1.65. The van der Waals surface area contributed by atoms with E-state index in [0.717, 1.165) is 48.6 Å². The van der Waals surface area contributed by atoms with E-state index in [1.165, 1.54) is 0 Å². The Hall–Kier alpha value is -3.22. The smallest absolute Gasteiger partial charge is 0.404 e. The van der Waals surface area contributed by atoms with E-state index in [4.69, 9.17) is 5.11 Å². The normalized spacial score (nSPS) is 23.4. The van der Waals surface area contributed by atoms with Crippen LogP contribution in [0, 0.1) is 5.92 Å². The molecule has 2 amide bonds. The first-order valence-corrected chi connectivity index (χ1v) is 11.3. The number of nitrogens with one attached hydrogen (secondary N) is 2. The van der Waals surface area contributed by atoms with Gasteiger partial charge < -0.3 is 25.5 Å². The Morgan fingerprint density at radius 1 is 1.03 bits per heavy atom. The van der Waals surface area contributed by atoms with Crippen LogP contribution < -0.4 is 20.4 Å². The Morgan fingerprint density at radius 2 is 1.72 bits per heavy atom. The van der Waals surface area contributed by atoms with Crippen molar-refractivity contribution in [2.24, 2.45) is 5.92 Å². The summed E-state index contributed by atoms with van der Waals surface area (Å²) in [6.07, 6.45) is 0.601. The Bertz CT molecular complexity index is 972. The second kappa shape index (κ2) is 9.10. The quantitative estimate of drug-likeness (QED) is 0.659. The minimum atomic E-state index is -0.959. The van der Waals surface area contributed by atoms with Crippen molar-refractivity contribution in [1.82, 2.24) is 5.32 Å². The first-order chi connectivity index (χ1) is 15.3. The lowest BCUT2D eigenvalue weighted by Gasteiger charge is -2.45. The van der Waals surface area contributed by atoms with Crippen LogP contribution in [0.15, 0.2) is 48.5 Å². The van der Waals surface area contributed by atoms with E-state index < -0.39 is 6.09 Å². The van der Waals surface area contributed by atoms with Gasteiger partial charge in [-0.05, 0) is 50.1 Å². The second-order valence-electron chi connectivity index (χ2n) is 8.93. The minimum Gasteiger partial charge on any atom is -0.465 e. The van der Waals surface area contributed by atoms with Gasteiger partial charge in [-0.25, -0.2) is 4.79 Å².